The van der Waals surface area contributed by atoms with E-state index in [4.69, 9.17) is 0 Å². The summed E-state index contributed by atoms with van der Waals surface area (Å²) in [6.45, 7) is 4.85. The van der Waals surface area contributed by atoms with Gasteiger partial charge in [0.1, 0.15) is 6.04 Å². The molecule has 0 fully saturated rings. The number of nitrogens with one attached hydrogen (secondary N) is 2. The number of carbonyl (C=O) groups excluding carboxylic acids is 3. The molecule has 2 atom stereocenters. The third-order valence-corrected chi connectivity index (χ3v) is 2.19. The Kier molecular flexibility index (Phi) is 6.96. The summed E-state index contributed by atoms with van der Waals surface area (Å²) in [5.74, 6) is -2.06. The summed E-state index contributed by atoms with van der Waals surface area (Å²) < 4.78 is 0. The monoisotopic (exact) mass is 259 g/mol. The molecule has 0 saturated heterocycles. The summed E-state index contributed by atoms with van der Waals surface area (Å²) in [4.78, 5) is 33.5. The standard InChI is InChI=1S/C11H21N3O4/c1-6(2)4-8(14-10(17)7(3)12)11(18)13-5-9(15)16/h6-8H,4-5,12H2,1-3H3,(H,13,18)(H,14,17)(H,15,16)/t7-,8+/m1/s1. The van der Waals surface area contributed by atoms with Crippen molar-refractivity contribution in [3.8, 4) is 0 Å². The lowest BCUT2D eigenvalue weighted by atomic mass is 10.0. The number of quaternary nitrogens is 1. The Morgan fingerprint density at radius 3 is 2.11 bits per heavy atom. The van der Waals surface area contributed by atoms with Gasteiger partial charge in [0.2, 0.25) is 5.91 Å². The molecular weight excluding hydrogens is 238 g/mol. The van der Waals surface area contributed by atoms with E-state index >= 15 is 0 Å². The zero-order valence-corrected chi connectivity index (χ0v) is 11.0. The van der Waals surface area contributed by atoms with E-state index in [-0.39, 0.29) is 11.8 Å². The lowest BCUT2D eigenvalue weighted by Gasteiger charge is -2.20. The molecule has 0 unspecified atom stereocenters. The average molecular weight is 259 g/mol. The Bertz CT molecular complexity index is 315. The first-order valence-corrected chi connectivity index (χ1v) is 5.85. The molecule has 7 nitrogen and oxygen atoms in total. The molecule has 0 aromatic heterocycles. The Balaban J connectivity index is 4.51. The van der Waals surface area contributed by atoms with Crippen molar-refractivity contribution in [2.24, 2.45) is 5.92 Å². The van der Waals surface area contributed by atoms with Gasteiger partial charge in [0.25, 0.3) is 5.91 Å². The van der Waals surface area contributed by atoms with Gasteiger partial charge in [0.05, 0.1) is 12.5 Å². The Morgan fingerprint density at radius 2 is 1.72 bits per heavy atom. The normalized spacial score (nSPS) is 13.8. The maximum atomic E-state index is 11.7. The van der Waals surface area contributed by atoms with Crippen molar-refractivity contribution in [2.45, 2.75) is 39.3 Å². The van der Waals surface area contributed by atoms with Crippen molar-refractivity contribution in [3.05, 3.63) is 0 Å². The van der Waals surface area contributed by atoms with Crippen LogP contribution in [0.2, 0.25) is 0 Å². The van der Waals surface area contributed by atoms with Crippen LogP contribution in [0, 0.1) is 5.92 Å². The number of aliphatic carboxylic acids is 1. The molecule has 5 N–H and O–H groups in total. The van der Waals surface area contributed by atoms with Gasteiger partial charge in [-0.15, -0.1) is 0 Å². The zero-order chi connectivity index (χ0) is 14.3. The van der Waals surface area contributed by atoms with E-state index in [9.17, 15) is 19.5 Å². The molecule has 0 aliphatic carbocycles. The van der Waals surface area contributed by atoms with E-state index in [1.54, 1.807) is 6.92 Å². The first-order valence-electron chi connectivity index (χ1n) is 5.85. The van der Waals surface area contributed by atoms with Gasteiger partial charge in [-0.05, 0) is 19.3 Å². The predicted octanol–water partition coefficient (Wildman–Crippen LogP) is -2.99. The van der Waals surface area contributed by atoms with E-state index in [0.717, 1.165) is 0 Å². The number of hydrogen-bond donors (Lipinski definition) is 3. The molecule has 2 amide bonds. The van der Waals surface area contributed by atoms with E-state index in [2.05, 4.69) is 16.4 Å². The van der Waals surface area contributed by atoms with Gasteiger partial charge in [-0.25, -0.2) is 0 Å². The molecule has 7 heteroatoms. The predicted molar refractivity (Wildman–Crippen MR) is 61.8 cm³/mol. The highest BCUT2D eigenvalue weighted by Crippen LogP contribution is 2.05. The summed E-state index contributed by atoms with van der Waals surface area (Å²) in [6.07, 6.45) is 0.428. The zero-order valence-electron chi connectivity index (χ0n) is 11.0. The second kappa shape index (κ2) is 7.65. The van der Waals surface area contributed by atoms with Crippen molar-refractivity contribution < 1.29 is 25.2 Å². The lowest BCUT2D eigenvalue weighted by molar-refractivity contribution is -0.398. The minimum atomic E-state index is -1.37. The first-order chi connectivity index (χ1) is 8.23. The molecule has 0 bridgehead atoms. The SMILES string of the molecule is CC(C)C[C@H](NC(=O)[C@@H](C)[NH3+])C(=O)NCC(=O)[O-]. The molecule has 0 aromatic rings. The van der Waals surface area contributed by atoms with Crippen LogP contribution in [0.5, 0.6) is 0 Å². The molecule has 0 rings (SSSR count). The Hall–Kier alpha value is -1.63. The molecule has 104 valence electrons. The van der Waals surface area contributed by atoms with Gasteiger partial charge in [0, 0.05) is 0 Å². The topological polar surface area (TPSA) is 126 Å². The van der Waals surface area contributed by atoms with E-state index < -0.39 is 30.5 Å². The second-order valence-electron chi connectivity index (χ2n) is 4.68. The van der Waals surface area contributed by atoms with Crippen molar-refractivity contribution in [1.82, 2.24) is 10.6 Å². The summed E-state index contributed by atoms with van der Waals surface area (Å²) in [5, 5.41) is 15.0. The fourth-order valence-corrected chi connectivity index (χ4v) is 1.30. The van der Waals surface area contributed by atoms with Crippen molar-refractivity contribution in [1.29, 1.82) is 0 Å². The molecule has 0 aromatic carbocycles. The van der Waals surface area contributed by atoms with Crippen LogP contribution in [-0.4, -0.2) is 36.4 Å². The molecule has 18 heavy (non-hydrogen) atoms. The van der Waals surface area contributed by atoms with Crippen molar-refractivity contribution in [2.75, 3.05) is 6.54 Å². The minimum Gasteiger partial charge on any atom is -0.548 e. The summed E-state index contributed by atoms with van der Waals surface area (Å²) in [6, 6.07) is -1.23. The van der Waals surface area contributed by atoms with Crippen LogP contribution in [0.15, 0.2) is 0 Å². The fourth-order valence-electron chi connectivity index (χ4n) is 1.30. The smallest absolute Gasteiger partial charge is 0.278 e. The highest BCUT2D eigenvalue weighted by molar-refractivity contribution is 5.90. The van der Waals surface area contributed by atoms with Crippen LogP contribution in [0.1, 0.15) is 27.2 Å². The summed E-state index contributed by atoms with van der Waals surface area (Å²) in [7, 11) is 0. The number of carbonyl (C=O) groups is 3. The number of amides is 2. The summed E-state index contributed by atoms with van der Waals surface area (Å²) >= 11 is 0. The van der Waals surface area contributed by atoms with Crippen LogP contribution in [0.25, 0.3) is 0 Å². The Labute approximate surface area is 106 Å². The van der Waals surface area contributed by atoms with Crippen LogP contribution in [-0.2, 0) is 14.4 Å². The molecule has 0 heterocycles. The summed E-state index contributed by atoms with van der Waals surface area (Å²) in [5.41, 5.74) is 3.56. The van der Waals surface area contributed by atoms with Crippen molar-refractivity contribution in [3.63, 3.8) is 0 Å². The third kappa shape index (κ3) is 6.85. The maximum absolute atomic E-state index is 11.7. The van der Waals surface area contributed by atoms with Gasteiger partial charge >= 0.3 is 0 Å². The highest BCUT2D eigenvalue weighted by Gasteiger charge is 2.23. The Morgan fingerprint density at radius 1 is 1.17 bits per heavy atom. The van der Waals surface area contributed by atoms with E-state index in [1.165, 1.54) is 0 Å². The first kappa shape index (κ1) is 16.4. The number of carboxylic acids is 1. The molecular formula is C11H21N3O4. The van der Waals surface area contributed by atoms with Crippen LogP contribution < -0.4 is 21.5 Å². The third-order valence-electron chi connectivity index (χ3n) is 2.19. The van der Waals surface area contributed by atoms with Crippen LogP contribution in [0.3, 0.4) is 0 Å². The molecule has 0 saturated carbocycles. The van der Waals surface area contributed by atoms with Crippen molar-refractivity contribution >= 4 is 17.8 Å². The van der Waals surface area contributed by atoms with Gasteiger partial charge < -0.3 is 26.3 Å². The van der Waals surface area contributed by atoms with Gasteiger partial charge in [0.15, 0.2) is 6.04 Å². The highest BCUT2D eigenvalue weighted by atomic mass is 16.4. The van der Waals surface area contributed by atoms with Gasteiger partial charge in [-0.1, -0.05) is 13.8 Å². The van der Waals surface area contributed by atoms with Gasteiger partial charge in [-0.2, -0.15) is 0 Å². The van der Waals surface area contributed by atoms with E-state index in [1.807, 2.05) is 13.8 Å². The number of hydrogen-bond acceptors (Lipinski definition) is 4. The van der Waals surface area contributed by atoms with Crippen LogP contribution >= 0.6 is 0 Å². The quantitative estimate of drug-likeness (QED) is 0.451. The average Bonchev–Trinajstić information content (AvgIpc) is 2.23. The second-order valence-corrected chi connectivity index (χ2v) is 4.68. The maximum Gasteiger partial charge on any atom is 0.278 e. The minimum absolute atomic E-state index is 0.184. The number of rotatable bonds is 7. The van der Waals surface area contributed by atoms with E-state index in [0.29, 0.717) is 6.42 Å². The molecule has 0 aliphatic rings. The van der Waals surface area contributed by atoms with Crippen LogP contribution in [0.4, 0.5) is 0 Å². The fraction of sp³-hybridized carbons (Fsp3) is 0.727. The molecule has 0 aliphatic heterocycles. The molecule has 0 spiro atoms. The lowest BCUT2D eigenvalue weighted by Crippen LogP contribution is -2.67. The number of carboxylic acid groups (broad SMARTS) is 1. The van der Waals surface area contributed by atoms with Gasteiger partial charge in [-0.3, -0.25) is 9.59 Å². The molecule has 0 radical (unpaired) electrons. The largest absolute Gasteiger partial charge is 0.548 e.